The van der Waals surface area contributed by atoms with Crippen molar-refractivity contribution >= 4 is 28.1 Å². The maximum Gasteiger partial charge on any atom is 0.0640 e. The van der Waals surface area contributed by atoms with Gasteiger partial charge >= 0.3 is 0 Å². The second kappa shape index (κ2) is 5.56. The summed E-state index contributed by atoms with van der Waals surface area (Å²) in [6, 6.07) is 20.8. The molecule has 20 heavy (non-hydrogen) atoms. The summed E-state index contributed by atoms with van der Waals surface area (Å²) in [4.78, 5) is 0. The molecule has 0 atom stereocenters. The van der Waals surface area contributed by atoms with Crippen LogP contribution in [0.3, 0.4) is 0 Å². The van der Waals surface area contributed by atoms with Crippen molar-refractivity contribution < 1.29 is 0 Å². The van der Waals surface area contributed by atoms with Crippen molar-refractivity contribution in [2.24, 2.45) is 0 Å². The average Bonchev–Trinajstić information content (AvgIpc) is 2.47. The summed E-state index contributed by atoms with van der Waals surface area (Å²) >= 11 is 6.25. The number of fused-ring (bicyclic) bond motifs is 1. The van der Waals surface area contributed by atoms with E-state index >= 15 is 0 Å². The molecule has 3 aromatic rings. The lowest BCUT2D eigenvalue weighted by Crippen LogP contribution is -2.02. The minimum absolute atomic E-state index is 0.769. The van der Waals surface area contributed by atoms with Crippen molar-refractivity contribution in [1.29, 1.82) is 0 Å². The van der Waals surface area contributed by atoms with E-state index in [0.717, 1.165) is 22.8 Å². The first kappa shape index (κ1) is 13.0. The van der Waals surface area contributed by atoms with E-state index in [9.17, 15) is 0 Å². The molecule has 1 N–H and O–H groups in total. The van der Waals surface area contributed by atoms with E-state index in [1.807, 2.05) is 12.1 Å². The summed E-state index contributed by atoms with van der Waals surface area (Å²) in [5.74, 6) is 0. The third kappa shape index (κ3) is 2.50. The zero-order chi connectivity index (χ0) is 13.9. The fourth-order valence-electron chi connectivity index (χ4n) is 2.49. The standard InChI is InChI=1S/C18H16ClN/c1-13-6-4-11-17(19)18(13)20-12-15-9-5-8-14-7-2-3-10-16(14)15/h2-11,20H,12H2,1H3. The topological polar surface area (TPSA) is 12.0 Å². The lowest BCUT2D eigenvalue weighted by Gasteiger charge is -2.13. The summed E-state index contributed by atoms with van der Waals surface area (Å²) in [6.45, 7) is 2.84. The van der Waals surface area contributed by atoms with E-state index in [1.165, 1.54) is 16.3 Å². The summed E-state index contributed by atoms with van der Waals surface area (Å²) in [5, 5.41) is 6.78. The van der Waals surface area contributed by atoms with Gasteiger partial charge in [-0.1, -0.05) is 66.2 Å². The molecule has 0 radical (unpaired) electrons. The van der Waals surface area contributed by atoms with Crippen LogP contribution in [0.15, 0.2) is 60.7 Å². The van der Waals surface area contributed by atoms with Crippen LogP contribution in [0.2, 0.25) is 5.02 Å². The van der Waals surface area contributed by atoms with Gasteiger partial charge in [-0.05, 0) is 34.9 Å². The van der Waals surface area contributed by atoms with Crippen molar-refractivity contribution in [3.05, 3.63) is 76.8 Å². The van der Waals surface area contributed by atoms with Gasteiger partial charge in [-0.25, -0.2) is 0 Å². The Morgan fingerprint density at radius 1 is 0.900 bits per heavy atom. The molecule has 0 saturated heterocycles. The average molecular weight is 282 g/mol. The van der Waals surface area contributed by atoms with Gasteiger partial charge in [0.1, 0.15) is 0 Å². The van der Waals surface area contributed by atoms with Gasteiger partial charge in [0.25, 0.3) is 0 Å². The summed E-state index contributed by atoms with van der Waals surface area (Å²) in [5.41, 5.74) is 3.46. The largest absolute Gasteiger partial charge is 0.380 e. The van der Waals surface area contributed by atoms with E-state index in [4.69, 9.17) is 11.6 Å². The molecule has 0 heterocycles. The molecule has 0 aliphatic rings. The van der Waals surface area contributed by atoms with Gasteiger partial charge in [0.2, 0.25) is 0 Å². The Morgan fingerprint density at radius 3 is 2.50 bits per heavy atom. The second-order valence-electron chi connectivity index (χ2n) is 4.92. The molecular weight excluding hydrogens is 266 g/mol. The van der Waals surface area contributed by atoms with Gasteiger partial charge in [0, 0.05) is 6.54 Å². The minimum atomic E-state index is 0.769. The van der Waals surface area contributed by atoms with E-state index in [1.54, 1.807) is 0 Å². The predicted molar refractivity (Wildman–Crippen MR) is 87.5 cm³/mol. The highest BCUT2D eigenvalue weighted by Gasteiger charge is 2.04. The first-order valence-corrected chi connectivity index (χ1v) is 7.09. The van der Waals surface area contributed by atoms with Gasteiger partial charge in [0.05, 0.1) is 10.7 Å². The van der Waals surface area contributed by atoms with Gasteiger partial charge in [0.15, 0.2) is 0 Å². The molecule has 0 spiro atoms. The van der Waals surface area contributed by atoms with Gasteiger partial charge in [-0.2, -0.15) is 0 Å². The van der Waals surface area contributed by atoms with Crippen LogP contribution < -0.4 is 5.32 Å². The molecule has 0 amide bonds. The number of para-hydroxylation sites is 1. The molecule has 0 aliphatic heterocycles. The number of hydrogen-bond acceptors (Lipinski definition) is 1. The summed E-state index contributed by atoms with van der Waals surface area (Å²) in [7, 11) is 0. The Labute approximate surface area is 124 Å². The van der Waals surface area contributed by atoms with Gasteiger partial charge in [-0.15, -0.1) is 0 Å². The number of benzene rings is 3. The zero-order valence-corrected chi connectivity index (χ0v) is 12.1. The molecule has 0 saturated carbocycles. The second-order valence-corrected chi connectivity index (χ2v) is 5.33. The normalized spacial score (nSPS) is 10.7. The van der Waals surface area contributed by atoms with Crippen molar-refractivity contribution in [2.45, 2.75) is 13.5 Å². The molecule has 0 fully saturated rings. The Kier molecular flexibility index (Phi) is 3.62. The highest BCUT2D eigenvalue weighted by atomic mass is 35.5. The maximum absolute atomic E-state index is 6.25. The fraction of sp³-hybridized carbons (Fsp3) is 0.111. The molecule has 0 unspecified atom stereocenters. The van der Waals surface area contributed by atoms with Crippen molar-refractivity contribution in [1.82, 2.24) is 0 Å². The lowest BCUT2D eigenvalue weighted by atomic mass is 10.0. The molecule has 0 aliphatic carbocycles. The number of nitrogens with one attached hydrogen (secondary N) is 1. The number of anilines is 1. The third-order valence-electron chi connectivity index (χ3n) is 3.56. The molecule has 3 rings (SSSR count). The number of hydrogen-bond donors (Lipinski definition) is 1. The maximum atomic E-state index is 6.25. The molecule has 1 nitrogen and oxygen atoms in total. The van der Waals surface area contributed by atoms with Crippen LogP contribution in [0.25, 0.3) is 10.8 Å². The predicted octanol–water partition coefficient (Wildman–Crippen LogP) is 5.41. The summed E-state index contributed by atoms with van der Waals surface area (Å²) < 4.78 is 0. The van der Waals surface area contributed by atoms with E-state index in [2.05, 4.69) is 60.8 Å². The number of halogens is 1. The Balaban J connectivity index is 1.91. The van der Waals surface area contributed by atoms with E-state index in [0.29, 0.717) is 0 Å². The molecule has 0 bridgehead atoms. The van der Waals surface area contributed by atoms with Crippen molar-refractivity contribution in [3.8, 4) is 0 Å². The fourth-order valence-corrected chi connectivity index (χ4v) is 2.77. The smallest absolute Gasteiger partial charge is 0.0640 e. The number of aryl methyl sites for hydroxylation is 1. The van der Waals surface area contributed by atoms with Crippen LogP contribution in [-0.4, -0.2) is 0 Å². The first-order valence-electron chi connectivity index (χ1n) is 6.71. The van der Waals surface area contributed by atoms with Crippen LogP contribution in [-0.2, 0) is 6.54 Å². The highest BCUT2D eigenvalue weighted by Crippen LogP contribution is 2.27. The van der Waals surface area contributed by atoms with Gasteiger partial charge < -0.3 is 5.32 Å². The van der Waals surface area contributed by atoms with Gasteiger partial charge in [-0.3, -0.25) is 0 Å². The molecular formula is C18H16ClN. The van der Waals surface area contributed by atoms with Crippen LogP contribution in [0.1, 0.15) is 11.1 Å². The molecule has 0 aromatic heterocycles. The monoisotopic (exact) mass is 281 g/mol. The molecule has 2 heteroatoms. The van der Waals surface area contributed by atoms with E-state index in [-0.39, 0.29) is 0 Å². The Hall–Kier alpha value is -1.99. The Bertz CT molecular complexity index is 724. The quantitative estimate of drug-likeness (QED) is 0.676. The molecule has 100 valence electrons. The van der Waals surface area contributed by atoms with Crippen LogP contribution >= 0.6 is 11.6 Å². The van der Waals surface area contributed by atoms with E-state index < -0.39 is 0 Å². The minimum Gasteiger partial charge on any atom is -0.380 e. The van der Waals surface area contributed by atoms with Crippen LogP contribution in [0, 0.1) is 6.92 Å². The summed E-state index contributed by atoms with van der Waals surface area (Å²) in [6.07, 6.45) is 0. The first-order chi connectivity index (χ1) is 9.75. The zero-order valence-electron chi connectivity index (χ0n) is 11.4. The van der Waals surface area contributed by atoms with Crippen molar-refractivity contribution in [2.75, 3.05) is 5.32 Å². The van der Waals surface area contributed by atoms with Crippen molar-refractivity contribution in [3.63, 3.8) is 0 Å². The SMILES string of the molecule is Cc1cccc(Cl)c1NCc1cccc2ccccc12. The number of rotatable bonds is 3. The third-order valence-corrected chi connectivity index (χ3v) is 3.87. The van der Waals surface area contributed by atoms with Crippen LogP contribution in [0.5, 0.6) is 0 Å². The lowest BCUT2D eigenvalue weighted by molar-refractivity contribution is 1.16. The highest BCUT2D eigenvalue weighted by molar-refractivity contribution is 6.33. The Morgan fingerprint density at radius 2 is 1.65 bits per heavy atom. The van der Waals surface area contributed by atoms with Crippen LogP contribution in [0.4, 0.5) is 5.69 Å². The molecule has 3 aromatic carbocycles.